The van der Waals surface area contributed by atoms with Crippen LogP contribution >= 0.6 is 24.8 Å². The van der Waals surface area contributed by atoms with E-state index in [9.17, 15) is 0 Å². The van der Waals surface area contributed by atoms with Crippen molar-refractivity contribution in [2.24, 2.45) is 0 Å². The molecule has 18 heavy (non-hydrogen) atoms. The fraction of sp³-hybridized carbons (Fsp3) is 0.615. The van der Waals surface area contributed by atoms with E-state index in [4.69, 9.17) is 4.74 Å². The maximum Gasteiger partial charge on any atom is 0.106 e. The Morgan fingerprint density at radius 1 is 1.22 bits per heavy atom. The molecule has 1 N–H and O–H groups in total. The van der Waals surface area contributed by atoms with Crippen LogP contribution in [0.2, 0.25) is 0 Å². The van der Waals surface area contributed by atoms with Gasteiger partial charge in [0.2, 0.25) is 0 Å². The lowest BCUT2D eigenvalue weighted by molar-refractivity contribution is -0.139. The molecule has 1 spiro atoms. The normalized spacial score (nSPS) is 22.8. The molecule has 1 saturated heterocycles. The summed E-state index contributed by atoms with van der Waals surface area (Å²) in [7, 11) is 0. The van der Waals surface area contributed by atoms with Crippen LogP contribution < -0.4 is 5.32 Å². The van der Waals surface area contributed by atoms with E-state index < -0.39 is 0 Å². The third kappa shape index (κ3) is 2.25. The SMILES string of the molecule is CC1(C)OC2(CCNCC2)c2cccnc21.Cl.Cl. The van der Waals surface area contributed by atoms with Crippen LogP contribution in [0.1, 0.15) is 37.9 Å². The first-order valence-electron chi connectivity index (χ1n) is 6.01. The lowest BCUT2D eigenvalue weighted by Gasteiger charge is -2.36. The molecular formula is C13H20Cl2N2O. The van der Waals surface area contributed by atoms with Crippen molar-refractivity contribution in [1.82, 2.24) is 10.3 Å². The van der Waals surface area contributed by atoms with E-state index in [1.54, 1.807) is 0 Å². The van der Waals surface area contributed by atoms with Crippen molar-refractivity contribution in [3.8, 4) is 0 Å². The largest absolute Gasteiger partial charge is 0.358 e. The van der Waals surface area contributed by atoms with Crippen LogP contribution in [0.25, 0.3) is 0 Å². The minimum Gasteiger partial charge on any atom is -0.358 e. The van der Waals surface area contributed by atoms with E-state index in [2.05, 4.69) is 30.2 Å². The first-order chi connectivity index (χ1) is 7.64. The van der Waals surface area contributed by atoms with Crippen molar-refractivity contribution in [2.45, 2.75) is 37.9 Å². The monoisotopic (exact) mass is 290 g/mol. The van der Waals surface area contributed by atoms with E-state index in [0.29, 0.717) is 0 Å². The van der Waals surface area contributed by atoms with Gasteiger partial charge in [0, 0.05) is 11.8 Å². The second-order valence-corrected chi connectivity index (χ2v) is 5.26. The number of aromatic nitrogens is 1. The maximum atomic E-state index is 6.35. The molecular weight excluding hydrogens is 271 g/mol. The van der Waals surface area contributed by atoms with Gasteiger partial charge in [-0.05, 0) is 45.8 Å². The molecule has 2 aliphatic heterocycles. The Morgan fingerprint density at radius 2 is 1.89 bits per heavy atom. The number of pyridine rings is 1. The standard InChI is InChI=1S/C13H18N2O.2ClH/c1-12(2)11-10(4-3-7-15-11)13(16-12)5-8-14-9-6-13;;/h3-4,7,14H,5-6,8-9H2,1-2H3;2*1H. The van der Waals surface area contributed by atoms with Crippen LogP contribution in [-0.2, 0) is 15.9 Å². The summed E-state index contributed by atoms with van der Waals surface area (Å²) >= 11 is 0. The van der Waals surface area contributed by atoms with Gasteiger partial charge in [0.25, 0.3) is 0 Å². The first-order valence-corrected chi connectivity index (χ1v) is 6.01. The van der Waals surface area contributed by atoms with Crippen LogP contribution in [0.15, 0.2) is 18.3 Å². The highest BCUT2D eigenvalue weighted by Gasteiger charge is 2.49. The van der Waals surface area contributed by atoms with Gasteiger partial charge in [-0.15, -0.1) is 24.8 Å². The lowest BCUT2D eigenvalue weighted by atomic mass is 9.85. The van der Waals surface area contributed by atoms with E-state index >= 15 is 0 Å². The summed E-state index contributed by atoms with van der Waals surface area (Å²) in [5, 5.41) is 3.39. The fourth-order valence-corrected chi connectivity index (χ4v) is 3.05. The van der Waals surface area contributed by atoms with Crippen molar-refractivity contribution < 1.29 is 4.74 Å². The average molecular weight is 291 g/mol. The van der Waals surface area contributed by atoms with Gasteiger partial charge in [-0.3, -0.25) is 4.98 Å². The zero-order valence-electron chi connectivity index (χ0n) is 10.7. The summed E-state index contributed by atoms with van der Waals surface area (Å²) in [5.41, 5.74) is 2.10. The van der Waals surface area contributed by atoms with E-state index in [0.717, 1.165) is 31.6 Å². The zero-order chi connectivity index (χ0) is 11.2. The summed E-state index contributed by atoms with van der Waals surface area (Å²) in [4.78, 5) is 4.52. The molecule has 102 valence electrons. The van der Waals surface area contributed by atoms with Crippen molar-refractivity contribution in [1.29, 1.82) is 0 Å². The molecule has 0 atom stereocenters. The molecule has 3 heterocycles. The third-order valence-corrected chi connectivity index (χ3v) is 3.73. The number of hydrogen-bond donors (Lipinski definition) is 1. The average Bonchev–Trinajstić information content (AvgIpc) is 2.50. The Hall–Kier alpha value is -0.350. The first kappa shape index (κ1) is 15.7. The van der Waals surface area contributed by atoms with Gasteiger partial charge >= 0.3 is 0 Å². The molecule has 0 saturated carbocycles. The molecule has 1 aromatic rings. The number of nitrogens with one attached hydrogen (secondary N) is 1. The third-order valence-electron chi connectivity index (χ3n) is 3.73. The van der Waals surface area contributed by atoms with Crippen LogP contribution in [-0.4, -0.2) is 18.1 Å². The quantitative estimate of drug-likeness (QED) is 0.798. The predicted octanol–water partition coefficient (Wildman–Crippen LogP) is 2.77. The number of rotatable bonds is 0. The predicted molar refractivity (Wildman–Crippen MR) is 76.6 cm³/mol. The summed E-state index contributed by atoms with van der Waals surface area (Å²) in [5.74, 6) is 0. The van der Waals surface area contributed by atoms with E-state index in [1.165, 1.54) is 5.56 Å². The van der Waals surface area contributed by atoms with Gasteiger partial charge in [0.1, 0.15) is 5.60 Å². The minimum absolute atomic E-state index is 0. The smallest absolute Gasteiger partial charge is 0.106 e. The molecule has 0 aromatic carbocycles. The number of fused-ring (bicyclic) bond motifs is 2. The molecule has 0 unspecified atom stereocenters. The number of ether oxygens (including phenoxy) is 1. The van der Waals surface area contributed by atoms with Crippen molar-refractivity contribution in [3.63, 3.8) is 0 Å². The van der Waals surface area contributed by atoms with E-state index in [-0.39, 0.29) is 36.0 Å². The van der Waals surface area contributed by atoms with Gasteiger partial charge < -0.3 is 10.1 Å². The van der Waals surface area contributed by atoms with Crippen molar-refractivity contribution in [3.05, 3.63) is 29.6 Å². The second kappa shape index (κ2) is 5.33. The van der Waals surface area contributed by atoms with Gasteiger partial charge in [-0.25, -0.2) is 0 Å². The second-order valence-electron chi connectivity index (χ2n) is 5.26. The van der Waals surface area contributed by atoms with E-state index in [1.807, 2.05) is 12.3 Å². The summed E-state index contributed by atoms with van der Waals surface area (Å²) in [6.45, 7) is 6.31. The fourth-order valence-electron chi connectivity index (χ4n) is 3.05. The topological polar surface area (TPSA) is 34.1 Å². The molecule has 3 rings (SSSR count). The molecule has 0 amide bonds. The highest BCUT2D eigenvalue weighted by Crippen LogP contribution is 2.49. The highest BCUT2D eigenvalue weighted by molar-refractivity contribution is 5.85. The van der Waals surface area contributed by atoms with Crippen LogP contribution in [0.4, 0.5) is 0 Å². The summed E-state index contributed by atoms with van der Waals surface area (Å²) in [6.07, 6.45) is 3.97. The molecule has 0 aliphatic carbocycles. The Bertz CT molecular complexity index is 417. The molecule has 1 aromatic heterocycles. The highest BCUT2D eigenvalue weighted by atomic mass is 35.5. The minimum atomic E-state index is -0.242. The van der Waals surface area contributed by atoms with Crippen LogP contribution in [0.3, 0.4) is 0 Å². The van der Waals surface area contributed by atoms with Gasteiger partial charge in [-0.1, -0.05) is 6.07 Å². The number of halogens is 2. The molecule has 0 radical (unpaired) electrons. The van der Waals surface area contributed by atoms with Gasteiger partial charge in [-0.2, -0.15) is 0 Å². The van der Waals surface area contributed by atoms with Gasteiger partial charge in [0.15, 0.2) is 0 Å². The van der Waals surface area contributed by atoms with Gasteiger partial charge in [0.05, 0.1) is 11.3 Å². The number of piperidine rings is 1. The molecule has 5 heteroatoms. The van der Waals surface area contributed by atoms with Crippen molar-refractivity contribution in [2.75, 3.05) is 13.1 Å². The Morgan fingerprint density at radius 3 is 2.56 bits per heavy atom. The summed E-state index contributed by atoms with van der Waals surface area (Å²) in [6, 6.07) is 4.20. The molecule has 1 fully saturated rings. The summed E-state index contributed by atoms with van der Waals surface area (Å²) < 4.78 is 6.35. The molecule has 0 bridgehead atoms. The molecule has 2 aliphatic rings. The Kier molecular flexibility index (Phi) is 4.65. The maximum absolute atomic E-state index is 6.35. The lowest BCUT2D eigenvalue weighted by Crippen LogP contribution is -2.41. The van der Waals surface area contributed by atoms with Crippen molar-refractivity contribution >= 4 is 24.8 Å². The Labute approximate surface area is 121 Å². The van der Waals surface area contributed by atoms with Crippen LogP contribution in [0.5, 0.6) is 0 Å². The van der Waals surface area contributed by atoms with Crippen LogP contribution in [0, 0.1) is 0 Å². The zero-order valence-corrected chi connectivity index (χ0v) is 12.4. The number of hydrogen-bond acceptors (Lipinski definition) is 3. The Balaban J connectivity index is 0.000000810. The molecule has 3 nitrogen and oxygen atoms in total. The number of nitrogens with zero attached hydrogens (tertiary/aromatic N) is 1.